The first-order valence-corrected chi connectivity index (χ1v) is 12.5. The van der Waals surface area contributed by atoms with Gasteiger partial charge in [-0.15, -0.1) is 0 Å². The Morgan fingerprint density at radius 3 is 2.69 bits per heavy atom. The molecule has 9 nitrogen and oxygen atoms in total. The standard InChI is InChI=1S/C27H32N4O5/c1-34-20-5-2-4-19(16-20)26-29-23-9-8-21(36-13-3-10-30-11-14-35-15-12-30)17-22(23)27(33)31(26)24(25(28)32)18-6-7-18/h2,4-5,8-9,16-18,24H,3,6-7,10-15H2,1H3,(H2,28,32). The Morgan fingerprint density at radius 2 is 1.97 bits per heavy atom. The van der Waals surface area contributed by atoms with Crippen LogP contribution in [0.2, 0.25) is 0 Å². The summed E-state index contributed by atoms with van der Waals surface area (Å²) in [5.41, 5.74) is 6.73. The number of rotatable bonds is 10. The fourth-order valence-electron chi connectivity index (χ4n) is 4.78. The minimum Gasteiger partial charge on any atom is -0.497 e. The summed E-state index contributed by atoms with van der Waals surface area (Å²) in [6.07, 6.45) is 2.57. The number of primary amides is 1. The molecule has 36 heavy (non-hydrogen) atoms. The van der Waals surface area contributed by atoms with E-state index in [9.17, 15) is 9.59 Å². The van der Waals surface area contributed by atoms with Crippen LogP contribution >= 0.6 is 0 Å². The Hall–Kier alpha value is -3.43. The number of ether oxygens (including phenoxy) is 3. The fraction of sp³-hybridized carbons (Fsp3) is 0.444. The smallest absolute Gasteiger partial charge is 0.262 e. The molecule has 0 radical (unpaired) electrons. The number of aromatic nitrogens is 2. The van der Waals surface area contributed by atoms with Crippen LogP contribution in [0.5, 0.6) is 11.5 Å². The van der Waals surface area contributed by atoms with Crippen molar-refractivity contribution < 1.29 is 19.0 Å². The molecule has 2 heterocycles. The van der Waals surface area contributed by atoms with Crippen LogP contribution in [0, 0.1) is 5.92 Å². The molecule has 2 aliphatic rings. The number of morpholine rings is 1. The van der Waals surface area contributed by atoms with Crippen molar-refractivity contribution in [3.8, 4) is 22.9 Å². The largest absolute Gasteiger partial charge is 0.497 e. The number of carbonyl (C=O) groups excluding carboxylic acids is 1. The third-order valence-corrected chi connectivity index (χ3v) is 6.83. The summed E-state index contributed by atoms with van der Waals surface area (Å²) >= 11 is 0. The number of amides is 1. The van der Waals surface area contributed by atoms with Gasteiger partial charge in [-0.3, -0.25) is 19.1 Å². The summed E-state index contributed by atoms with van der Waals surface area (Å²) in [7, 11) is 1.58. The van der Waals surface area contributed by atoms with E-state index in [-0.39, 0.29) is 11.5 Å². The predicted octanol–water partition coefficient (Wildman–Crippen LogP) is 2.61. The molecule has 1 unspecified atom stereocenters. The van der Waals surface area contributed by atoms with Gasteiger partial charge in [0.2, 0.25) is 5.91 Å². The van der Waals surface area contributed by atoms with Crippen molar-refractivity contribution in [2.45, 2.75) is 25.3 Å². The topological polar surface area (TPSA) is 109 Å². The highest BCUT2D eigenvalue weighted by atomic mass is 16.5. The SMILES string of the molecule is COc1cccc(-c2nc3ccc(OCCCN4CCOCC4)cc3c(=O)n2C(C(N)=O)C2CC2)c1. The van der Waals surface area contributed by atoms with E-state index in [4.69, 9.17) is 24.9 Å². The number of carbonyl (C=O) groups is 1. The van der Waals surface area contributed by atoms with Gasteiger partial charge in [0.15, 0.2) is 0 Å². The van der Waals surface area contributed by atoms with Crippen LogP contribution in [0.3, 0.4) is 0 Å². The van der Waals surface area contributed by atoms with Gasteiger partial charge in [0, 0.05) is 25.2 Å². The van der Waals surface area contributed by atoms with Gasteiger partial charge in [-0.1, -0.05) is 12.1 Å². The van der Waals surface area contributed by atoms with Crippen LogP contribution in [-0.4, -0.2) is 66.9 Å². The number of hydrogen-bond acceptors (Lipinski definition) is 7. The number of hydrogen-bond donors (Lipinski definition) is 1. The second-order valence-electron chi connectivity index (χ2n) is 9.36. The molecule has 1 saturated carbocycles. The van der Waals surface area contributed by atoms with E-state index in [1.807, 2.05) is 24.3 Å². The minimum absolute atomic E-state index is 0.0310. The van der Waals surface area contributed by atoms with Gasteiger partial charge in [-0.2, -0.15) is 0 Å². The van der Waals surface area contributed by atoms with Crippen molar-refractivity contribution in [2.24, 2.45) is 11.7 Å². The average molecular weight is 493 g/mol. The zero-order valence-corrected chi connectivity index (χ0v) is 20.5. The summed E-state index contributed by atoms with van der Waals surface area (Å²) in [5, 5.41) is 0.402. The van der Waals surface area contributed by atoms with Crippen molar-refractivity contribution in [3.05, 3.63) is 52.8 Å². The lowest BCUT2D eigenvalue weighted by Crippen LogP contribution is -2.37. The zero-order chi connectivity index (χ0) is 25.1. The van der Waals surface area contributed by atoms with E-state index < -0.39 is 11.9 Å². The third kappa shape index (κ3) is 5.22. The molecule has 5 rings (SSSR count). The second kappa shape index (κ2) is 10.7. The molecule has 190 valence electrons. The molecule has 9 heteroatoms. The normalized spacial score (nSPS) is 17.1. The van der Waals surface area contributed by atoms with E-state index in [0.29, 0.717) is 40.4 Å². The van der Waals surface area contributed by atoms with E-state index >= 15 is 0 Å². The highest BCUT2D eigenvalue weighted by Gasteiger charge is 2.38. The number of benzene rings is 2. The average Bonchev–Trinajstić information content (AvgIpc) is 3.74. The predicted molar refractivity (Wildman–Crippen MR) is 136 cm³/mol. The second-order valence-corrected chi connectivity index (χ2v) is 9.36. The van der Waals surface area contributed by atoms with Gasteiger partial charge in [0.25, 0.3) is 5.56 Å². The van der Waals surface area contributed by atoms with E-state index in [0.717, 1.165) is 52.1 Å². The van der Waals surface area contributed by atoms with Gasteiger partial charge in [0.05, 0.1) is 37.8 Å². The Morgan fingerprint density at radius 1 is 1.17 bits per heavy atom. The van der Waals surface area contributed by atoms with Crippen LogP contribution in [-0.2, 0) is 9.53 Å². The minimum atomic E-state index is -0.756. The summed E-state index contributed by atoms with van der Waals surface area (Å²) in [5.74, 6) is 1.15. The van der Waals surface area contributed by atoms with E-state index in [1.54, 1.807) is 25.3 Å². The molecule has 1 atom stereocenters. The van der Waals surface area contributed by atoms with Crippen LogP contribution in [0.25, 0.3) is 22.3 Å². The summed E-state index contributed by atoms with van der Waals surface area (Å²) in [6, 6.07) is 11.9. The first kappa shape index (κ1) is 24.3. The van der Waals surface area contributed by atoms with Crippen molar-refractivity contribution >= 4 is 16.8 Å². The first-order valence-electron chi connectivity index (χ1n) is 12.5. The molecule has 2 N–H and O–H groups in total. The van der Waals surface area contributed by atoms with Crippen LogP contribution in [0.4, 0.5) is 0 Å². The maximum absolute atomic E-state index is 13.9. The van der Waals surface area contributed by atoms with Gasteiger partial charge in [-0.05, 0) is 55.5 Å². The highest BCUT2D eigenvalue weighted by molar-refractivity contribution is 5.84. The molecule has 1 aliphatic carbocycles. The van der Waals surface area contributed by atoms with Gasteiger partial charge < -0.3 is 19.9 Å². The van der Waals surface area contributed by atoms with Gasteiger partial charge in [-0.25, -0.2) is 4.98 Å². The number of nitrogens with two attached hydrogens (primary N) is 1. The number of nitrogens with zero attached hydrogens (tertiary/aromatic N) is 3. The molecule has 0 bridgehead atoms. The highest BCUT2D eigenvalue weighted by Crippen LogP contribution is 2.41. The van der Waals surface area contributed by atoms with Gasteiger partial charge in [0.1, 0.15) is 23.4 Å². The summed E-state index contributed by atoms with van der Waals surface area (Å²) < 4.78 is 18.2. The van der Waals surface area contributed by atoms with Crippen molar-refractivity contribution in [1.29, 1.82) is 0 Å². The van der Waals surface area contributed by atoms with E-state index in [1.165, 1.54) is 4.57 Å². The molecule has 0 spiro atoms. The molecule has 1 saturated heterocycles. The third-order valence-electron chi connectivity index (χ3n) is 6.83. The molecule has 1 amide bonds. The fourth-order valence-corrected chi connectivity index (χ4v) is 4.78. The van der Waals surface area contributed by atoms with Crippen LogP contribution in [0.15, 0.2) is 47.3 Å². The summed E-state index contributed by atoms with van der Waals surface area (Å²) in [4.78, 5) is 33.6. The molecule has 3 aromatic rings. The molecule has 2 aromatic carbocycles. The Bertz CT molecular complexity index is 1300. The maximum atomic E-state index is 13.9. The van der Waals surface area contributed by atoms with Gasteiger partial charge >= 0.3 is 0 Å². The first-order chi connectivity index (χ1) is 17.5. The molecule has 1 aromatic heterocycles. The Kier molecular flexibility index (Phi) is 7.20. The lowest BCUT2D eigenvalue weighted by Gasteiger charge is -2.26. The zero-order valence-electron chi connectivity index (χ0n) is 20.5. The Balaban J connectivity index is 1.47. The maximum Gasteiger partial charge on any atom is 0.262 e. The molecular weight excluding hydrogens is 460 g/mol. The summed E-state index contributed by atoms with van der Waals surface area (Å²) in [6.45, 7) is 4.92. The van der Waals surface area contributed by atoms with Crippen molar-refractivity contribution in [1.82, 2.24) is 14.5 Å². The Labute approximate surface area is 209 Å². The van der Waals surface area contributed by atoms with Crippen molar-refractivity contribution in [2.75, 3.05) is 46.6 Å². The molecule has 1 aliphatic heterocycles. The van der Waals surface area contributed by atoms with Crippen molar-refractivity contribution in [3.63, 3.8) is 0 Å². The van der Waals surface area contributed by atoms with Crippen LogP contribution in [0.1, 0.15) is 25.3 Å². The quantitative estimate of drug-likeness (QED) is 0.433. The lowest BCUT2D eigenvalue weighted by molar-refractivity contribution is -0.121. The molecule has 2 fully saturated rings. The molecular formula is C27H32N4O5. The van der Waals surface area contributed by atoms with E-state index in [2.05, 4.69) is 4.90 Å². The van der Waals surface area contributed by atoms with Crippen LogP contribution < -0.4 is 20.8 Å². The number of fused-ring (bicyclic) bond motifs is 1. The number of methoxy groups -OCH3 is 1. The monoisotopic (exact) mass is 492 g/mol. The lowest BCUT2D eigenvalue weighted by atomic mass is 10.1.